The summed E-state index contributed by atoms with van der Waals surface area (Å²) < 4.78 is 0. The normalized spacial score (nSPS) is 15.9. The molecule has 11 rings (SSSR count). The van der Waals surface area contributed by atoms with Crippen molar-refractivity contribution in [1.82, 2.24) is 0 Å². The summed E-state index contributed by atoms with van der Waals surface area (Å²) in [4.78, 5) is 0. The van der Waals surface area contributed by atoms with Crippen LogP contribution in [0.1, 0.15) is 201 Å². The second-order valence-electron chi connectivity index (χ2n) is 16.3. The Kier molecular flexibility index (Phi) is 17.9. The molecule has 0 fully saturated rings. The van der Waals surface area contributed by atoms with Crippen molar-refractivity contribution in [2.75, 3.05) is 0 Å². The van der Waals surface area contributed by atoms with Crippen molar-refractivity contribution in [3.63, 3.8) is 0 Å². The SMILES string of the molecule is CCCCCC/C1=C(\CCCCCC)c2ccc(cc2)Cc2ccc(cc2)/C(CCCCCC)=C(/CCCCCC)c2ccc(cc2)Cc2ccc1cc2. The van der Waals surface area contributed by atoms with Crippen molar-refractivity contribution in [3.8, 4) is 0 Å². The van der Waals surface area contributed by atoms with Crippen LogP contribution >= 0.6 is 0 Å². The topological polar surface area (TPSA) is 0 Å². The fraction of sp³-hybridized carbons (Fsp3) is 0.481. The number of rotatable bonds is 20. The van der Waals surface area contributed by atoms with Crippen molar-refractivity contribution < 1.29 is 0 Å². The lowest BCUT2D eigenvalue weighted by Gasteiger charge is -2.19. The van der Waals surface area contributed by atoms with E-state index in [1.165, 1.54) is 147 Å². The molecule has 288 valence electrons. The first-order valence-corrected chi connectivity index (χ1v) is 22.4. The molecule has 0 atom stereocenters. The van der Waals surface area contributed by atoms with E-state index in [4.69, 9.17) is 0 Å². The van der Waals surface area contributed by atoms with Crippen molar-refractivity contribution in [1.29, 1.82) is 0 Å². The van der Waals surface area contributed by atoms with Gasteiger partial charge in [0.2, 0.25) is 0 Å². The molecule has 0 heterocycles. The summed E-state index contributed by atoms with van der Waals surface area (Å²) in [6.45, 7) is 9.28. The molecule has 0 unspecified atom stereocenters. The van der Waals surface area contributed by atoms with E-state index in [9.17, 15) is 0 Å². The van der Waals surface area contributed by atoms with Crippen LogP contribution in [0.3, 0.4) is 0 Å². The lowest BCUT2D eigenvalue weighted by atomic mass is 9.86. The van der Waals surface area contributed by atoms with Gasteiger partial charge in [0.1, 0.15) is 0 Å². The van der Waals surface area contributed by atoms with E-state index in [2.05, 4.69) is 125 Å². The van der Waals surface area contributed by atoms with Gasteiger partial charge in [-0.1, -0.05) is 202 Å². The molecule has 8 bridgehead atoms. The van der Waals surface area contributed by atoms with E-state index in [0.29, 0.717) is 0 Å². The second-order valence-corrected chi connectivity index (χ2v) is 16.3. The monoisotopic (exact) mass is 721 g/mol. The van der Waals surface area contributed by atoms with Gasteiger partial charge in [-0.25, -0.2) is 0 Å². The van der Waals surface area contributed by atoms with Gasteiger partial charge in [0.15, 0.2) is 0 Å². The molecule has 0 saturated carbocycles. The first-order chi connectivity index (χ1) is 26.6. The van der Waals surface area contributed by atoms with Gasteiger partial charge in [-0.15, -0.1) is 0 Å². The maximum absolute atomic E-state index is 2.44. The Morgan fingerprint density at radius 2 is 0.463 bits per heavy atom. The highest BCUT2D eigenvalue weighted by Gasteiger charge is 2.16. The van der Waals surface area contributed by atoms with Gasteiger partial charge in [-0.05, 0) is 131 Å². The Hall–Kier alpha value is -3.64. The molecule has 7 aliphatic carbocycles. The number of hydrogen-bond acceptors (Lipinski definition) is 0. The molecule has 54 heavy (non-hydrogen) atoms. The zero-order chi connectivity index (χ0) is 37.8. The van der Waals surface area contributed by atoms with E-state index < -0.39 is 0 Å². The Morgan fingerprint density at radius 3 is 0.648 bits per heavy atom. The first-order valence-electron chi connectivity index (χ1n) is 22.4. The largest absolute Gasteiger partial charge is 0.0654 e. The second kappa shape index (κ2) is 23.3. The van der Waals surface area contributed by atoms with Gasteiger partial charge in [0.05, 0.1) is 0 Å². The maximum atomic E-state index is 2.44. The Morgan fingerprint density at radius 1 is 0.259 bits per heavy atom. The quantitative estimate of drug-likeness (QED) is 0.0798. The molecule has 4 aromatic rings. The average molecular weight is 721 g/mol. The van der Waals surface area contributed by atoms with Crippen LogP contribution in [0.5, 0.6) is 0 Å². The zero-order valence-electron chi connectivity index (χ0n) is 34.8. The summed E-state index contributed by atoms with van der Waals surface area (Å²) in [5.74, 6) is 0. The lowest BCUT2D eigenvalue weighted by molar-refractivity contribution is 0.672. The van der Waals surface area contributed by atoms with Gasteiger partial charge in [-0.3, -0.25) is 0 Å². The molecule has 0 radical (unpaired) electrons. The molecule has 7 aliphatic rings. The Bertz CT molecular complexity index is 1440. The van der Waals surface area contributed by atoms with E-state index in [-0.39, 0.29) is 0 Å². The summed E-state index contributed by atoms with van der Waals surface area (Å²) in [5.41, 5.74) is 17.6. The van der Waals surface area contributed by atoms with Crippen LogP contribution in [0.2, 0.25) is 0 Å². The van der Waals surface area contributed by atoms with Crippen LogP contribution < -0.4 is 0 Å². The van der Waals surface area contributed by atoms with E-state index >= 15 is 0 Å². The van der Waals surface area contributed by atoms with Gasteiger partial charge >= 0.3 is 0 Å². The average Bonchev–Trinajstić information content (AvgIpc) is 3.20. The highest BCUT2D eigenvalue weighted by molar-refractivity contribution is 5.92. The van der Waals surface area contributed by atoms with E-state index in [0.717, 1.165) is 38.5 Å². The molecule has 0 heteroatoms. The summed E-state index contributed by atoms with van der Waals surface area (Å²) in [5, 5.41) is 0. The smallest absolute Gasteiger partial charge is 0.00258 e. The van der Waals surface area contributed by atoms with Crippen molar-refractivity contribution >= 4 is 22.3 Å². The molecular weight excluding hydrogens is 649 g/mol. The third kappa shape index (κ3) is 12.7. The molecule has 0 saturated heterocycles. The minimum absolute atomic E-state index is 0.975. The van der Waals surface area contributed by atoms with Crippen LogP contribution in [0.25, 0.3) is 22.3 Å². The molecular formula is C54H72. The van der Waals surface area contributed by atoms with Crippen LogP contribution in [-0.4, -0.2) is 0 Å². The number of benzene rings is 4. The first kappa shape index (κ1) is 41.5. The zero-order valence-corrected chi connectivity index (χ0v) is 34.8. The van der Waals surface area contributed by atoms with E-state index in [1.54, 1.807) is 22.3 Å². The third-order valence-electron chi connectivity index (χ3n) is 11.9. The third-order valence-corrected chi connectivity index (χ3v) is 11.9. The molecule has 0 aliphatic heterocycles. The molecule has 0 N–H and O–H groups in total. The number of allylic oxidation sites excluding steroid dienone is 4. The van der Waals surface area contributed by atoms with Crippen LogP contribution in [0.4, 0.5) is 0 Å². The maximum Gasteiger partial charge on any atom is -0.00258 e. The summed E-state index contributed by atoms with van der Waals surface area (Å²) in [6, 6.07) is 38.8. The van der Waals surface area contributed by atoms with Crippen molar-refractivity contribution in [3.05, 3.63) is 142 Å². The predicted molar refractivity (Wildman–Crippen MR) is 240 cm³/mol. The van der Waals surface area contributed by atoms with Gasteiger partial charge in [0, 0.05) is 0 Å². The minimum Gasteiger partial charge on any atom is -0.0654 e. The Balaban J connectivity index is 1.58. The standard InChI is InChI=1S/C54H72/c1-5-9-13-17-21-51-47-33-25-43(26-34-47)41-45-29-37-49(38-30-45)53(23-19-15-11-7-3)54(24-20-16-12-8-4)50-39-31-46(32-40-50)42-44-27-35-48(36-28-44)52(51)22-18-14-10-6-2/h25-40H,5-24,41-42H2,1-4H3/b52-51-,54-53-. The number of hydrogen-bond donors (Lipinski definition) is 0. The molecule has 4 aromatic carbocycles. The minimum atomic E-state index is 0.975. The molecule has 0 aromatic heterocycles. The van der Waals surface area contributed by atoms with Gasteiger partial charge < -0.3 is 0 Å². The fourth-order valence-corrected chi connectivity index (χ4v) is 8.56. The summed E-state index contributed by atoms with van der Waals surface area (Å²) >= 11 is 0. The lowest BCUT2D eigenvalue weighted by Crippen LogP contribution is -1.98. The van der Waals surface area contributed by atoms with E-state index in [1.807, 2.05) is 0 Å². The van der Waals surface area contributed by atoms with Crippen molar-refractivity contribution in [2.24, 2.45) is 0 Å². The van der Waals surface area contributed by atoms with Gasteiger partial charge in [0.25, 0.3) is 0 Å². The molecule has 0 nitrogen and oxygen atoms in total. The highest BCUT2D eigenvalue weighted by atomic mass is 14.2. The van der Waals surface area contributed by atoms with Crippen LogP contribution in [0, 0.1) is 0 Å². The van der Waals surface area contributed by atoms with Crippen molar-refractivity contribution in [2.45, 2.75) is 169 Å². The Labute approximate surface area is 331 Å². The number of unbranched alkanes of at least 4 members (excludes halogenated alkanes) is 12. The summed E-state index contributed by atoms with van der Waals surface area (Å²) in [6.07, 6.45) is 27.3. The molecule has 0 amide bonds. The summed E-state index contributed by atoms with van der Waals surface area (Å²) in [7, 11) is 0. The van der Waals surface area contributed by atoms with Crippen LogP contribution in [0.15, 0.2) is 97.1 Å². The molecule has 0 spiro atoms. The highest BCUT2D eigenvalue weighted by Crippen LogP contribution is 2.37. The predicted octanol–water partition coefficient (Wildman–Crippen LogP) is 16.9. The fourth-order valence-electron chi connectivity index (χ4n) is 8.56. The van der Waals surface area contributed by atoms with Gasteiger partial charge in [-0.2, -0.15) is 0 Å². The van der Waals surface area contributed by atoms with Crippen LogP contribution in [-0.2, 0) is 12.8 Å².